The van der Waals surface area contributed by atoms with Crippen LogP contribution in [-0.2, 0) is 11.3 Å². The van der Waals surface area contributed by atoms with Crippen molar-refractivity contribution in [2.24, 2.45) is 0 Å². The molecule has 5 aromatic rings. The second kappa shape index (κ2) is 12.3. The molecule has 40 heavy (non-hydrogen) atoms. The Balaban J connectivity index is 1.43. The Morgan fingerprint density at radius 1 is 1.05 bits per heavy atom. The van der Waals surface area contributed by atoms with Crippen LogP contribution >= 0.6 is 23.2 Å². The standard InChI is InChI=1S/C29H25Cl2FN6O2/c1-40-14-13-38(17-19-5-7-21(30)8-6-19)28-27-33-11-12-37(27)18-26(36-28)20-3-2-4-22(15-20)34-29(39)35-23-9-10-24(31)25(32)16-23/h2-12,15-16,18H,13-14,17H2,1H3,(H2,34,35,39). The number of nitrogens with zero attached hydrogens (tertiary/aromatic N) is 4. The number of hydrogen-bond donors (Lipinski definition) is 2. The largest absolute Gasteiger partial charge is 0.383 e. The van der Waals surface area contributed by atoms with Gasteiger partial charge in [0.25, 0.3) is 0 Å². The summed E-state index contributed by atoms with van der Waals surface area (Å²) >= 11 is 11.8. The van der Waals surface area contributed by atoms with E-state index in [9.17, 15) is 9.18 Å². The third kappa shape index (κ3) is 6.51. The van der Waals surface area contributed by atoms with Gasteiger partial charge < -0.3 is 24.7 Å². The molecule has 0 unspecified atom stereocenters. The summed E-state index contributed by atoms with van der Waals surface area (Å²) in [6.45, 7) is 1.66. The highest BCUT2D eigenvalue weighted by molar-refractivity contribution is 6.31. The number of benzene rings is 3. The Morgan fingerprint density at radius 2 is 1.82 bits per heavy atom. The summed E-state index contributed by atoms with van der Waals surface area (Å²) in [5, 5.41) is 6.04. The van der Waals surface area contributed by atoms with Gasteiger partial charge in [-0.25, -0.2) is 19.2 Å². The van der Waals surface area contributed by atoms with E-state index in [4.69, 9.17) is 32.9 Å². The lowest BCUT2D eigenvalue weighted by atomic mass is 10.1. The van der Waals surface area contributed by atoms with Gasteiger partial charge in [-0.1, -0.05) is 47.5 Å². The van der Waals surface area contributed by atoms with Crippen LogP contribution in [0.1, 0.15) is 5.56 Å². The molecule has 204 valence electrons. The zero-order valence-electron chi connectivity index (χ0n) is 21.4. The topological polar surface area (TPSA) is 83.8 Å². The number of amides is 2. The van der Waals surface area contributed by atoms with Gasteiger partial charge in [0.15, 0.2) is 11.5 Å². The summed E-state index contributed by atoms with van der Waals surface area (Å²) in [4.78, 5) is 24.2. The number of nitrogens with one attached hydrogen (secondary N) is 2. The molecule has 2 heterocycles. The van der Waals surface area contributed by atoms with Crippen LogP contribution in [0.4, 0.5) is 26.4 Å². The van der Waals surface area contributed by atoms with Crippen molar-refractivity contribution in [3.8, 4) is 11.3 Å². The fourth-order valence-corrected chi connectivity index (χ4v) is 4.40. The number of rotatable bonds is 9. The highest BCUT2D eigenvalue weighted by atomic mass is 35.5. The second-order valence-electron chi connectivity index (χ2n) is 8.94. The average Bonchev–Trinajstić information content (AvgIpc) is 3.43. The zero-order chi connectivity index (χ0) is 28.1. The van der Waals surface area contributed by atoms with Gasteiger partial charge in [-0.05, 0) is 48.0 Å². The zero-order valence-corrected chi connectivity index (χ0v) is 23.0. The van der Waals surface area contributed by atoms with Crippen LogP contribution in [-0.4, -0.2) is 40.7 Å². The average molecular weight is 579 g/mol. The van der Waals surface area contributed by atoms with Gasteiger partial charge in [-0.3, -0.25) is 0 Å². The maximum absolute atomic E-state index is 13.7. The molecule has 3 aromatic carbocycles. The predicted octanol–water partition coefficient (Wildman–Crippen LogP) is 7.14. The number of imidazole rings is 1. The van der Waals surface area contributed by atoms with E-state index < -0.39 is 11.8 Å². The summed E-state index contributed by atoms with van der Waals surface area (Å²) in [6, 6.07) is 18.5. The molecular formula is C29H25Cl2FN6O2. The maximum Gasteiger partial charge on any atom is 0.323 e. The summed E-state index contributed by atoms with van der Waals surface area (Å²) in [7, 11) is 1.66. The van der Waals surface area contributed by atoms with Crippen molar-refractivity contribution in [1.82, 2.24) is 14.4 Å². The molecule has 2 amide bonds. The molecule has 5 rings (SSSR count). The van der Waals surface area contributed by atoms with Crippen LogP contribution in [0, 0.1) is 5.82 Å². The van der Waals surface area contributed by atoms with Crippen molar-refractivity contribution in [2.75, 3.05) is 35.8 Å². The first-order valence-electron chi connectivity index (χ1n) is 12.3. The number of carbonyl (C=O) groups excluding carboxylic acids is 1. The highest BCUT2D eigenvalue weighted by Crippen LogP contribution is 2.28. The van der Waals surface area contributed by atoms with Crippen molar-refractivity contribution in [3.63, 3.8) is 0 Å². The van der Waals surface area contributed by atoms with Crippen LogP contribution in [0.15, 0.2) is 85.3 Å². The Morgan fingerprint density at radius 3 is 2.58 bits per heavy atom. The van der Waals surface area contributed by atoms with Gasteiger partial charge in [0.05, 0.1) is 17.3 Å². The molecule has 11 heteroatoms. The first-order chi connectivity index (χ1) is 19.4. The first kappa shape index (κ1) is 27.4. The lowest BCUT2D eigenvalue weighted by Crippen LogP contribution is -2.28. The van der Waals surface area contributed by atoms with Gasteiger partial charge in [0, 0.05) is 60.8 Å². The second-order valence-corrected chi connectivity index (χ2v) is 9.78. The Labute approximate surface area is 240 Å². The van der Waals surface area contributed by atoms with Crippen LogP contribution in [0.5, 0.6) is 0 Å². The fourth-order valence-electron chi connectivity index (χ4n) is 4.16. The van der Waals surface area contributed by atoms with Crippen molar-refractivity contribution in [2.45, 2.75) is 6.54 Å². The van der Waals surface area contributed by atoms with Crippen molar-refractivity contribution < 1.29 is 13.9 Å². The van der Waals surface area contributed by atoms with Crippen LogP contribution in [0.25, 0.3) is 16.9 Å². The van der Waals surface area contributed by atoms with Crippen molar-refractivity contribution in [1.29, 1.82) is 0 Å². The number of hydrogen-bond acceptors (Lipinski definition) is 5. The van der Waals surface area contributed by atoms with E-state index in [2.05, 4.69) is 20.5 Å². The van der Waals surface area contributed by atoms with E-state index in [0.29, 0.717) is 47.6 Å². The molecular weight excluding hydrogens is 554 g/mol. The van der Waals surface area contributed by atoms with Crippen molar-refractivity contribution in [3.05, 3.63) is 107 Å². The minimum absolute atomic E-state index is 0.0191. The van der Waals surface area contributed by atoms with Gasteiger partial charge >= 0.3 is 6.03 Å². The minimum atomic E-state index is -0.617. The molecule has 0 aliphatic rings. The maximum atomic E-state index is 13.7. The van der Waals surface area contributed by atoms with Gasteiger partial charge in [0.2, 0.25) is 0 Å². The predicted molar refractivity (Wildman–Crippen MR) is 157 cm³/mol. The quantitative estimate of drug-likeness (QED) is 0.194. The summed E-state index contributed by atoms with van der Waals surface area (Å²) < 4.78 is 21.0. The Bertz CT molecular complexity index is 1640. The molecule has 0 saturated heterocycles. The first-order valence-corrected chi connectivity index (χ1v) is 13.1. The SMILES string of the molecule is COCCN(Cc1ccc(Cl)cc1)c1nc(-c2cccc(NC(=O)Nc3ccc(Cl)c(F)c3)c2)cn2ccnc12. The van der Waals surface area contributed by atoms with E-state index in [1.54, 1.807) is 19.4 Å². The third-order valence-electron chi connectivity index (χ3n) is 6.10. The molecule has 0 aliphatic heterocycles. The molecule has 2 aromatic heterocycles. The van der Waals surface area contributed by atoms with Crippen molar-refractivity contribution >= 4 is 52.1 Å². The number of fused-ring (bicyclic) bond motifs is 1. The number of aromatic nitrogens is 3. The molecule has 0 aliphatic carbocycles. The molecule has 0 radical (unpaired) electrons. The number of carbonyl (C=O) groups is 1. The molecule has 0 atom stereocenters. The highest BCUT2D eigenvalue weighted by Gasteiger charge is 2.17. The number of methoxy groups -OCH3 is 1. The van der Waals surface area contributed by atoms with Gasteiger partial charge in [-0.2, -0.15) is 0 Å². The van der Waals surface area contributed by atoms with E-state index >= 15 is 0 Å². The van der Waals surface area contributed by atoms with E-state index in [0.717, 1.165) is 17.2 Å². The summed E-state index contributed by atoms with van der Waals surface area (Å²) in [5.41, 5.74) is 4.06. The van der Waals surface area contributed by atoms with E-state index in [1.165, 1.54) is 12.1 Å². The number of urea groups is 1. The van der Waals surface area contributed by atoms with Crippen LogP contribution in [0.3, 0.4) is 0 Å². The molecule has 0 fully saturated rings. The van der Waals surface area contributed by atoms with E-state index in [1.807, 2.05) is 59.3 Å². The Kier molecular flexibility index (Phi) is 8.45. The molecule has 0 bridgehead atoms. The van der Waals surface area contributed by atoms with Gasteiger partial charge in [0.1, 0.15) is 5.82 Å². The van der Waals surface area contributed by atoms with E-state index in [-0.39, 0.29) is 10.7 Å². The number of halogens is 3. The fraction of sp³-hybridized carbons (Fsp3) is 0.138. The lowest BCUT2D eigenvalue weighted by molar-refractivity contribution is 0.205. The number of anilines is 3. The normalized spacial score (nSPS) is 11.0. The third-order valence-corrected chi connectivity index (χ3v) is 6.66. The Hall–Kier alpha value is -4.18. The molecule has 0 saturated carbocycles. The number of ether oxygens (including phenoxy) is 1. The monoisotopic (exact) mass is 578 g/mol. The van der Waals surface area contributed by atoms with Gasteiger partial charge in [-0.15, -0.1) is 0 Å². The summed E-state index contributed by atoms with van der Waals surface area (Å²) in [6.07, 6.45) is 5.48. The van der Waals surface area contributed by atoms with Crippen LogP contribution < -0.4 is 15.5 Å². The lowest BCUT2D eigenvalue weighted by Gasteiger charge is -2.24. The molecule has 2 N–H and O–H groups in total. The minimum Gasteiger partial charge on any atom is -0.383 e. The van der Waals surface area contributed by atoms with Crippen LogP contribution in [0.2, 0.25) is 10.0 Å². The summed E-state index contributed by atoms with van der Waals surface area (Å²) in [5.74, 6) is 0.0733. The molecule has 0 spiro atoms. The molecule has 8 nitrogen and oxygen atoms in total. The smallest absolute Gasteiger partial charge is 0.323 e.